The Balaban J connectivity index is 1.76. The van der Waals surface area contributed by atoms with Gasteiger partial charge >= 0.3 is 6.03 Å². The van der Waals surface area contributed by atoms with Crippen LogP contribution in [-0.4, -0.2) is 11.0 Å². The first-order chi connectivity index (χ1) is 13.5. The van der Waals surface area contributed by atoms with E-state index in [0.717, 1.165) is 26.6 Å². The monoisotopic (exact) mass is 373 g/mol. The van der Waals surface area contributed by atoms with Crippen molar-refractivity contribution in [1.82, 2.24) is 0 Å². The highest BCUT2D eigenvalue weighted by Gasteiger charge is 2.18. The van der Waals surface area contributed by atoms with Gasteiger partial charge in [0.25, 0.3) is 5.69 Å². The zero-order valence-electron chi connectivity index (χ0n) is 14.6. The number of rotatable bonds is 4. The fraction of sp³-hybridized carbons (Fsp3) is 0. The Bertz CT molecular complexity index is 1210. The molecule has 2 amide bonds. The van der Waals surface area contributed by atoms with Crippen LogP contribution in [-0.2, 0) is 0 Å². The van der Waals surface area contributed by atoms with Gasteiger partial charge in [0.15, 0.2) is 5.75 Å². The summed E-state index contributed by atoms with van der Waals surface area (Å²) in [4.78, 5) is 28.1. The lowest BCUT2D eigenvalue weighted by Crippen LogP contribution is -2.38. The number of carbonyl (C=O) groups excluding carboxylic acids is 1. The van der Waals surface area contributed by atoms with E-state index in [1.54, 1.807) is 6.07 Å². The zero-order chi connectivity index (χ0) is 19.7. The molecule has 0 bridgehead atoms. The second kappa shape index (κ2) is 6.88. The number of nitrogens with zero attached hydrogens (tertiary/aromatic N) is 2. The van der Waals surface area contributed by atoms with Gasteiger partial charge in [0.05, 0.1) is 10.6 Å². The first-order valence-corrected chi connectivity index (χ1v) is 8.46. The number of nitrogens with two attached hydrogens (primary N) is 1. The van der Waals surface area contributed by atoms with Gasteiger partial charge in [0.1, 0.15) is 0 Å². The molecule has 0 aliphatic rings. The summed E-state index contributed by atoms with van der Waals surface area (Å²) >= 11 is 0. The van der Waals surface area contributed by atoms with Gasteiger partial charge in [0, 0.05) is 17.5 Å². The van der Waals surface area contributed by atoms with E-state index in [9.17, 15) is 14.9 Å². The van der Waals surface area contributed by atoms with E-state index >= 15 is 0 Å². The summed E-state index contributed by atoms with van der Waals surface area (Å²) in [5.41, 5.74) is 5.67. The topological polar surface area (TPSA) is 98.7 Å². The first kappa shape index (κ1) is 17.3. The molecule has 28 heavy (non-hydrogen) atoms. The number of anilines is 1. The molecular formula is C21H15N3O4. The van der Waals surface area contributed by atoms with Crippen molar-refractivity contribution in [3.8, 4) is 5.75 Å². The third-order valence-corrected chi connectivity index (χ3v) is 4.39. The number of primary amides is 1. The van der Waals surface area contributed by atoms with E-state index in [1.165, 1.54) is 24.3 Å². The molecule has 0 aliphatic heterocycles. The summed E-state index contributed by atoms with van der Waals surface area (Å²) in [7, 11) is 0. The molecule has 7 heteroatoms. The van der Waals surface area contributed by atoms with Crippen molar-refractivity contribution in [2.24, 2.45) is 5.73 Å². The van der Waals surface area contributed by atoms with Gasteiger partial charge in [-0.2, -0.15) is 0 Å². The van der Waals surface area contributed by atoms with Crippen LogP contribution in [0.5, 0.6) is 5.75 Å². The number of benzene rings is 4. The summed E-state index contributed by atoms with van der Waals surface area (Å²) < 4.78 is 0. The summed E-state index contributed by atoms with van der Waals surface area (Å²) in [6, 6.07) is 22.0. The third-order valence-electron chi connectivity index (χ3n) is 4.39. The third kappa shape index (κ3) is 3.16. The average molecular weight is 373 g/mol. The fourth-order valence-corrected chi connectivity index (χ4v) is 3.05. The van der Waals surface area contributed by atoms with Gasteiger partial charge in [-0.25, -0.2) is 4.79 Å². The number of hydroxylamine groups is 1. The number of carbonyl (C=O) groups is 1. The second-order valence-electron chi connectivity index (χ2n) is 6.17. The van der Waals surface area contributed by atoms with Crippen LogP contribution < -0.4 is 15.6 Å². The van der Waals surface area contributed by atoms with Crippen LogP contribution in [0.4, 0.5) is 16.2 Å². The van der Waals surface area contributed by atoms with Crippen molar-refractivity contribution in [3.63, 3.8) is 0 Å². The lowest BCUT2D eigenvalue weighted by molar-refractivity contribution is -0.384. The lowest BCUT2D eigenvalue weighted by Gasteiger charge is -2.21. The van der Waals surface area contributed by atoms with Crippen LogP contribution in [0, 0.1) is 10.1 Å². The van der Waals surface area contributed by atoms with Crippen LogP contribution in [0.3, 0.4) is 0 Å². The van der Waals surface area contributed by atoms with E-state index in [-0.39, 0.29) is 11.4 Å². The highest BCUT2D eigenvalue weighted by Crippen LogP contribution is 2.31. The average Bonchev–Trinajstić information content (AvgIpc) is 2.70. The van der Waals surface area contributed by atoms with Crippen molar-refractivity contribution < 1.29 is 14.6 Å². The Morgan fingerprint density at radius 2 is 1.54 bits per heavy atom. The maximum absolute atomic E-state index is 12.0. The molecule has 2 N–H and O–H groups in total. The number of hydrogen-bond donors (Lipinski definition) is 1. The summed E-state index contributed by atoms with van der Waals surface area (Å²) in [5.74, 6) is 0.445. The number of hydrogen-bond acceptors (Lipinski definition) is 4. The van der Waals surface area contributed by atoms with Crippen molar-refractivity contribution >= 4 is 39.0 Å². The number of non-ortho nitro benzene ring substituents is 1. The van der Waals surface area contributed by atoms with E-state index in [4.69, 9.17) is 10.6 Å². The molecule has 0 saturated carbocycles. The molecule has 4 aromatic rings. The smallest absolute Gasteiger partial charge is 0.352 e. The van der Waals surface area contributed by atoms with Crippen LogP contribution in [0.2, 0.25) is 0 Å². The van der Waals surface area contributed by atoms with Crippen molar-refractivity contribution in [3.05, 3.63) is 89.0 Å². The predicted octanol–water partition coefficient (Wildman–Crippen LogP) is 4.78. The van der Waals surface area contributed by atoms with Crippen LogP contribution in [0.25, 0.3) is 21.5 Å². The Morgan fingerprint density at radius 1 is 0.893 bits per heavy atom. The number of urea groups is 1. The molecular weight excluding hydrogens is 358 g/mol. The maximum Gasteiger partial charge on any atom is 0.352 e. The molecule has 0 radical (unpaired) electrons. The quantitative estimate of drug-likeness (QED) is 0.316. The van der Waals surface area contributed by atoms with Crippen molar-refractivity contribution in [2.75, 3.05) is 5.06 Å². The number of amides is 2. The summed E-state index contributed by atoms with van der Waals surface area (Å²) in [6.45, 7) is 0. The normalized spacial score (nSPS) is 10.7. The Hall–Kier alpha value is -4.13. The molecule has 0 aliphatic carbocycles. The Labute approximate surface area is 159 Å². The Morgan fingerprint density at radius 3 is 2.18 bits per heavy atom. The second-order valence-corrected chi connectivity index (χ2v) is 6.17. The number of nitro groups is 1. The highest BCUT2D eigenvalue weighted by molar-refractivity contribution is 6.01. The molecule has 7 nitrogen and oxygen atoms in total. The van der Waals surface area contributed by atoms with E-state index in [2.05, 4.69) is 0 Å². The molecule has 0 aromatic heterocycles. The Kier molecular flexibility index (Phi) is 4.25. The van der Waals surface area contributed by atoms with E-state index in [0.29, 0.717) is 5.75 Å². The van der Waals surface area contributed by atoms with Crippen LogP contribution in [0.1, 0.15) is 0 Å². The van der Waals surface area contributed by atoms with Gasteiger partial charge in [-0.05, 0) is 46.5 Å². The number of nitro benzene ring substituents is 1. The van der Waals surface area contributed by atoms with Crippen LogP contribution in [0.15, 0.2) is 78.9 Å². The fourth-order valence-electron chi connectivity index (χ4n) is 3.05. The minimum absolute atomic E-state index is 0.0928. The number of fused-ring (bicyclic) bond motifs is 2. The van der Waals surface area contributed by atoms with Gasteiger partial charge in [-0.15, -0.1) is 5.06 Å². The molecule has 0 atom stereocenters. The molecule has 0 fully saturated rings. The standard InChI is InChI=1S/C21H15N3O4/c22-21(25)23(17-8-10-18(11-9-17)24(26)27)28-20-7-3-6-16-12-14-4-1-2-5-15(14)13-19(16)20/h1-13H,(H2,22,25). The maximum atomic E-state index is 12.0. The molecule has 4 rings (SSSR count). The molecule has 0 spiro atoms. The summed E-state index contributed by atoms with van der Waals surface area (Å²) in [6.07, 6.45) is 0. The largest absolute Gasteiger partial charge is 0.370 e. The minimum Gasteiger partial charge on any atom is -0.370 e. The van der Waals surface area contributed by atoms with Gasteiger partial charge in [0.2, 0.25) is 0 Å². The minimum atomic E-state index is -0.841. The lowest BCUT2D eigenvalue weighted by atomic mass is 10.0. The molecule has 138 valence electrons. The van der Waals surface area contributed by atoms with E-state index in [1.807, 2.05) is 48.5 Å². The van der Waals surface area contributed by atoms with E-state index < -0.39 is 11.0 Å². The zero-order valence-corrected chi connectivity index (χ0v) is 14.6. The molecule has 0 heterocycles. The van der Waals surface area contributed by atoms with Crippen molar-refractivity contribution in [1.29, 1.82) is 0 Å². The van der Waals surface area contributed by atoms with Crippen LogP contribution >= 0.6 is 0 Å². The molecule has 4 aromatic carbocycles. The highest BCUT2D eigenvalue weighted by atomic mass is 16.7. The molecule has 0 saturated heterocycles. The first-order valence-electron chi connectivity index (χ1n) is 8.46. The molecule has 0 unspecified atom stereocenters. The predicted molar refractivity (Wildman–Crippen MR) is 107 cm³/mol. The van der Waals surface area contributed by atoms with Gasteiger partial charge in [-0.3, -0.25) is 10.1 Å². The van der Waals surface area contributed by atoms with Crippen molar-refractivity contribution in [2.45, 2.75) is 0 Å². The summed E-state index contributed by atoms with van der Waals surface area (Å²) in [5, 5.41) is 15.6. The SMILES string of the molecule is NC(=O)N(Oc1cccc2cc3ccccc3cc12)c1ccc([N+](=O)[O-])cc1. The van der Waals surface area contributed by atoms with Gasteiger partial charge in [-0.1, -0.05) is 36.4 Å². The van der Waals surface area contributed by atoms with Gasteiger partial charge < -0.3 is 10.6 Å².